The third kappa shape index (κ3) is 3.36. The zero-order valence-corrected chi connectivity index (χ0v) is 13.1. The highest BCUT2D eigenvalue weighted by molar-refractivity contribution is 7.92. The number of imidazole rings is 1. The van der Waals surface area contributed by atoms with Crippen LogP contribution in [0.4, 0.5) is 5.69 Å². The number of nitrogens with zero attached hydrogens (tertiary/aromatic N) is 2. The Kier molecular flexibility index (Phi) is 4.22. The van der Waals surface area contributed by atoms with Crippen molar-refractivity contribution in [3.05, 3.63) is 36.3 Å². The number of benzene rings is 1. The molecule has 0 fully saturated rings. The number of aryl methyl sites for hydroxylation is 1. The minimum atomic E-state index is -3.76. The molecule has 6 nitrogen and oxygen atoms in total. The van der Waals surface area contributed by atoms with E-state index in [0.717, 1.165) is 6.42 Å². The molecule has 2 aromatic rings. The number of phenols is 1. The first-order chi connectivity index (χ1) is 9.83. The van der Waals surface area contributed by atoms with Gasteiger partial charge in [0.1, 0.15) is 5.75 Å². The van der Waals surface area contributed by atoms with E-state index in [-0.39, 0.29) is 16.8 Å². The van der Waals surface area contributed by atoms with E-state index in [1.165, 1.54) is 18.6 Å². The lowest BCUT2D eigenvalue weighted by Crippen LogP contribution is -2.13. The molecule has 0 unspecified atom stereocenters. The van der Waals surface area contributed by atoms with Crippen LogP contribution in [-0.2, 0) is 10.0 Å². The number of hydrogen-bond acceptors (Lipinski definition) is 4. The van der Waals surface area contributed by atoms with Gasteiger partial charge in [-0.3, -0.25) is 4.72 Å². The molecule has 1 aromatic heterocycles. The van der Waals surface area contributed by atoms with Crippen LogP contribution in [0.1, 0.15) is 31.9 Å². The van der Waals surface area contributed by atoms with Gasteiger partial charge in [0.05, 0.1) is 12.0 Å². The average molecular weight is 309 g/mol. The molecule has 0 radical (unpaired) electrons. The second-order valence-corrected chi connectivity index (χ2v) is 6.65. The average Bonchev–Trinajstić information content (AvgIpc) is 2.92. The molecule has 1 heterocycles. The summed E-state index contributed by atoms with van der Waals surface area (Å²) in [5.74, 6) is 0.0420. The van der Waals surface area contributed by atoms with Gasteiger partial charge < -0.3 is 9.67 Å². The van der Waals surface area contributed by atoms with E-state index in [1.54, 1.807) is 23.6 Å². The van der Waals surface area contributed by atoms with E-state index < -0.39 is 10.0 Å². The maximum absolute atomic E-state index is 12.3. The molecular weight excluding hydrogens is 290 g/mol. The first kappa shape index (κ1) is 15.4. The van der Waals surface area contributed by atoms with Crippen molar-refractivity contribution >= 4 is 15.7 Å². The summed E-state index contributed by atoms with van der Waals surface area (Å²) in [4.78, 5) is 3.94. The summed E-state index contributed by atoms with van der Waals surface area (Å²) in [7, 11) is -3.76. The maximum Gasteiger partial charge on any atom is 0.280 e. The highest BCUT2D eigenvalue weighted by Gasteiger charge is 2.19. The van der Waals surface area contributed by atoms with Crippen LogP contribution in [0.2, 0.25) is 0 Å². The predicted octanol–water partition coefficient (Wildman–Crippen LogP) is 2.67. The molecule has 0 saturated heterocycles. The number of aromatic nitrogens is 2. The molecule has 0 aliphatic heterocycles. The monoisotopic (exact) mass is 309 g/mol. The molecule has 0 saturated carbocycles. The summed E-state index contributed by atoms with van der Waals surface area (Å²) >= 11 is 0. The van der Waals surface area contributed by atoms with Crippen LogP contribution in [0.15, 0.2) is 35.7 Å². The summed E-state index contributed by atoms with van der Waals surface area (Å²) in [5.41, 5.74) is 0.982. The Morgan fingerprint density at radius 1 is 1.43 bits per heavy atom. The van der Waals surface area contributed by atoms with Crippen LogP contribution in [0.25, 0.3) is 0 Å². The molecule has 7 heteroatoms. The lowest BCUT2D eigenvalue weighted by molar-refractivity contribution is 0.471. The minimum Gasteiger partial charge on any atom is -0.508 e. The van der Waals surface area contributed by atoms with E-state index in [9.17, 15) is 13.5 Å². The van der Waals surface area contributed by atoms with Gasteiger partial charge in [0, 0.05) is 18.3 Å². The summed E-state index contributed by atoms with van der Waals surface area (Å²) in [5, 5.41) is 9.58. The van der Waals surface area contributed by atoms with Gasteiger partial charge >= 0.3 is 0 Å². The van der Waals surface area contributed by atoms with Gasteiger partial charge in [0.25, 0.3) is 10.0 Å². The first-order valence-corrected chi connectivity index (χ1v) is 8.17. The van der Waals surface area contributed by atoms with Crippen molar-refractivity contribution in [3.8, 4) is 5.75 Å². The molecule has 21 heavy (non-hydrogen) atoms. The van der Waals surface area contributed by atoms with Gasteiger partial charge in [0.2, 0.25) is 0 Å². The number of hydrogen-bond donors (Lipinski definition) is 2. The Morgan fingerprint density at radius 3 is 2.76 bits per heavy atom. The Balaban J connectivity index is 2.25. The normalized spacial score (nSPS) is 13.1. The van der Waals surface area contributed by atoms with Gasteiger partial charge in [0.15, 0.2) is 5.03 Å². The van der Waals surface area contributed by atoms with Gasteiger partial charge in [-0.2, -0.15) is 8.42 Å². The fourth-order valence-corrected chi connectivity index (χ4v) is 2.78. The van der Waals surface area contributed by atoms with Crippen LogP contribution in [0.5, 0.6) is 5.75 Å². The van der Waals surface area contributed by atoms with Crippen molar-refractivity contribution < 1.29 is 13.5 Å². The Labute approximate surface area is 124 Å². The summed E-state index contributed by atoms with van der Waals surface area (Å²) in [6, 6.07) is 4.80. The van der Waals surface area contributed by atoms with Gasteiger partial charge in [-0.25, -0.2) is 4.98 Å². The van der Waals surface area contributed by atoms with Gasteiger partial charge in [-0.15, -0.1) is 0 Å². The highest BCUT2D eigenvalue weighted by Crippen LogP contribution is 2.23. The first-order valence-electron chi connectivity index (χ1n) is 6.69. The lowest BCUT2D eigenvalue weighted by atomic mass is 10.2. The Hall–Kier alpha value is -2.02. The van der Waals surface area contributed by atoms with Gasteiger partial charge in [-0.05, 0) is 31.9 Å². The molecule has 1 atom stereocenters. The SMILES string of the molecule is CC[C@H](C)n1cnc(S(=O)(=O)Nc2ccc(C)c(O)c2)c1. The van der Waals surface area contributed by atoms with E-state index in [0.29, 0.717) is 11.3 Å². The van der Waals surface area contributed by atoms with E-state index >= 15 is 0 Å². The zero-order chi connectivity index (χ0) is 15.6. The molecule has 0 aliphatic carbocycles. The quantitative estimate of drug-likeness (QED) is 0.889. The summed E-state index contributed by atoms with van der Waals surface area (Å²) in [6.07, 6.45) is 3.90. The van der Waals surface area contributed by atoms with Crippen molar-refractivity contribution in [2.45, 2.75) is 38.3 Å². The standard InChI is InChI=1S/C14H19N3O3S/c1-4-11(3)17-8-14(15-9-17)21(19,20)16-12-6-5-10(2)13(18)7-12/h5-9,11,16,18H,4H2,1-3H3/t11-/m0/s1. The van der Waals surface area contributed by atoms with Crippen LogP contribution < -0.4 is 4.72 Å². The predicted molar refractivity (Wildman–Crippen MR) is 80.9 cm³/mol. The van der Waals surface area contributed by atoms with Crippen LogP contribution in [0, 0.1) is 6.92 Å². The number of rotatable bonds is 5. The molecule has 0 aliphatic rings. The summed E-state index contributed by atoms with van der Waals surface area (Å²) < 4.78 is 28.7. The fourth-order valence-electron chi connectivity index (χ4n) is 1.79. The topological polar surface area (TPSA) is 84.2 Å². The van der Waals surface area contributed by atoms with Crippen LogP contribution in [-0.4, -0.2) is 23.1 Å². The second kappa shape index (κ2) is 5.77. The second-order valence-electron chi connectivity index (χ2n) is 5.02. The molecular formula is C14H19N3O3S. The molecule has 2 N–H and O–H groups in total. The van der Waals surface area contributed by atoms with E-state index in [4.69, 9.17) is 0 Å². The smallest absolute Gasteiger partial charge is 0.280 e. The lowest BCUT2D eigenvalue weighted by Gasteiger charge is -2.09. The number of phenolic OH excluding ortho intramolecular Hbond substituents is 1. The largest absolute Gasteiger partial charge is 0.508 e. The minimum absolute atomic E-state index is 0.0390. The van der Waals surface area contributed by atoms with Crippen molar-refractivity contribution in [2.75, 3.05) is 4.72 Å². The number of sulfonamides is 1. The van der Waals surface area contributed by atoms with Crippen molar-refractivity contribution in [2.24, 2.45) is 0 Å². The number of aromatic hydroxyl groups is 1. The molecule has 0 spiro atoms. The van der Waals surface area contributed by atoms with Crippen molar-refractivity contribution in [1.29, 1.82) is 0 Å². The summed E-state index contributed by atoms with van der Waals surface area (Å²) in [6.45, 7) is 5.75. The zero-order valence-electron chi connectivity index (χ0n) is 12.2. The van der Waals surface area contributed by atoms with Crippen molar-refractivity contribution in [1.82, 2.24) is 9.55 Å². The highest BCUT2D eigenvalue weighted by atomic mass is 32.2. The van der Waals surface area contributed by atoms with Gasteiger partial charge in [-0.1, -0.05) is 13.0 Å². The molecule has 114 valence electrons. The van der Waals surface area contributed by atoms with Crippen LogP contribution in [0.3, 0.4) is 0 Å². The van der Waals surface area contributed by atoms with Crippen LogP contribution >= 0.6 is 0 Å². The fraction of sp³-hybridized carbons (Fsp3) is 0.357. The number of nitrogens with one attached hydrogen (secondary N) is 1. The molecule has 2 rings (SSSR count). The maximum atomic E-state index is 12.3. The third-order valence-corrected chi connectivity index (χ3v) is 4.68. The number of anilines is 1. The molecule has 0 bridgehead atoms. The van der Waals surface area contributed by atoms with E-state index in [1.807, 2.05) is 13.8 Å². The van der Waals surface area contributed by atoms with Crippen molar-refractivity contribution in [3.63, 3.8) is 0 Å². The Morgan fingerprint density at radius 2 is 2.14 bits per heavy atom. The third-order valence-electron chi connectivity index (χ3n) is 3.41. The molecule has 0 amide bonds. The molecule has 1 aromatic carbocycles. The van der Waals surface area contributed by atoms with E-state index in [2.05, 4.69) is 9.71 Å². The Bertz CT molecular complexity index is 738.